The van der Waals surface area contributed by atoms with Gasteiger partial charge in [0.2, 0.25) is 0 Å². The van der Waals surface area contributed by atoms with E-state index < -0.39 is 17.9 Å². The van der Waals surface area contributed by atoms with E-state index in [1.54, 1.807) is 23.9 Å². The van der Waals surface area contributed by atoms with E-state index in [2.05, 4.69) is 0 Å². The van der Waals surface area contributed by atoms with Crippen LogP contribution in [0.15, 0.2) is 29.2 Å². The standard InChI is InChI=1S/C11H14N2O3S/c1-13(10(14)9(12)11(15)16)7-3-5-8(17-2)6-4-7/h3-6,9H,12H2,1-2H3,(H,15,16). The fraction of sp³-hybridized carbons (Fsp3) is 0.273. The highest BCUT2D eigenvalue weighted by Crippen LogP contribution is 2.20. The molecule has 0 fully saturated rings. The van der Waals surface area contributed by atoms with Crippen LogP contribution < -0.4 is 10.6 Å². The molecule has 0 saturated heterocycles. The summed E-state index contributed by atoms with van der Waals surface area (Å²) in [7, 11) is 1.50. The van der Waals surface area contributed by atoms with Gasteiger partial charge in [0.25, 0.3) is 5.91 Å². The zero-order valence-electron chi connectivity index (χ0n) is 9.58. The molecule has 1 aromatic carbocycles. The SMILES string of the molecule is CSc1ccc(N(C)C(=O)C(N)C(=O)O)cc1. The van der Waals surface area contributed by atoms with Gasteiger partial charge < -0.3 is 15.7 Å². The van der Waals surface area contributed by atoms with Gasteiger partial charge in [-0.25, -0.2) is 4.79 Å². The van der Waals surface area contributed by atoms with Crippen LogP contribution in [0.2, 0.25) is 0 Å². The second-order valence-electron chi connectivity index (χ2n) is 3.41. The van der Waals surface area contributed by atoms with Gasteiger partial charge in [0, 0.05) is 17.6 Å². The smallest absolute Gasteiger partial charge is 0.330 e. The summed E-state index contributed by atoms with van der Waals surface area (Å²) in [5.41, 5.74) is 5.87. The number of benzene rings is 1. The minimum Gasteiger partial charge on any atom is -0.480 e. The highest BCUT2D eigenvalue weighted by molar-refractivity contribution is 7.98. The topological polar surface area (TPSA) is 83.6 Å². The number of thioether (sulfide) groups is 1. The zero-order valence-corrected chi connectivity index (χ0v) is 10.4. The van der Waals surface area contributed by atoms with Crippen molar-refractivity contribution in [1.29, 1.82) is 0 Å². The van der Waals surface area contributed by atoms with Crippen molar-refractivity contribution in [1.82, 2.24) is 0 Å². The Morgan fingerprint density at radius 1 is 1.35 bits per heavy atom. The van der Waals surface area contributed by atoms with Crippen LogP contribution in [-0.2, 0) is 9.59 Å². The quantitative estimate of drug-likeness (QED) is 0.613. The van der Waals surface area contributed by atoms with Crippen molar-refractivity contribution in [3.05, 3.63) is 24.3 Å². The van der Waals surface area contributed by atoms with Crippen molar-refractivity contribution in [2.24, 2.45) is 5.73 Å². The van der Waals surface area contributed by atoms with Crippen LogP contribution in [0.3, 0.4) is 0 Å². The first kappa shape index (κ1) is 13.5. The van der Waals surface area contributed by atoms with Gasteiger partial charge in [-0.15, -0.1) is 11.8 Å². The van der Waals surface area contributed by atoms with Gasteiger partial charge in [0.15, 0.2) is 6.04 Å². The third-order valence-corrected chi connectivity index (χ3v) is 3.07. The molecule has 0 saturated carbocycles. The Hall–Kier alpha value is -1.53. The predicted molar refractivity (Wildman–Crippen MR) is 67.2 cm³/mol. The number of nitrogens with zero attached hydrogens (tertiary/aromatic N) is 1. The van der Waals surface area contributed by atoms with Crippen LogP contribution in [0.5, 0.6) is 0 Å². The van der Waals surface area contributed by atoms with Crippen LogP contribution >= 0.6 is 11.8 Å². The fourth-order valence-corrected chi connectivity index (χ4v) is 1.66. The van der Waals surface area contributed by atoms with Crippen LogP contribution in [-0.4, -0.2) is 36.3 Å². The maximum Gasteiger partial charge on any atom is 0.330 e. The highest BCUT2D eigenvalue weighted by Gasteiger charge is 2.25. The summed E-state index contributed by atoms with van der Waals surface area (Å²) in [6.07, 6.45) is 1.95. The van der Waals surface area contributed by atoms with E-state index >= 15 is 0 Å². The van der Waals surface area contributed by atoms with Crippen molar-refractivity contribution in [2.75, 3.05) is 18.2 Å². The van der Waals surface area contributed by atoms with E-state index in [9.17, 15) is 9.59 Å². The second-order valence-corrected chi connectivity index (χ2v) is 4.29. The molecule has 0 aromatic heterocycles. The summed E-state index contributed by atoms with van der Waals surface area (Å²) in [6.45, 7) is 0. The van der Waals surface area contributed by atoms with Gasteiger partial charge in [-0.2, -0.15) is 0 Å². The molecule has 0 aliphatic rings. The monoisotopic (exact) mass is 254 g/mol. The molecule has 3 N–H and O–H groups in total. The number of carboxylic acid groups (broad SMARTS) is 1. The van der Waals surface area contributed by atoms with Gasteiger partial charge in [-0.05, 0) is 30.5 Å². The summed E-state index contributed by atoms with van der Waals surface area (Å²) in [6, 6.07) is 5.68. The number of hydrogen-bond acceptors (Lipinski definition) is 4. The molecule has 1 rings (SSSR count). The number of aliphatic carboxylic acids is 1. The van der Waals surface area contributed by atoms with E-state index in [-0.39, 0.29) is 0 Å². The number of likely N-dealkylation sites (N-methyl/N-ethyl adjacent to an activating group) is 1. The summed E-state index contributed by atoms with van der Waals surface area (Å²) >= 11 is 1.59. The van der Waals surface area contributed by atoms with Crippen molar-refractivity contribution < 1.29 is 14.7 Å². The molecule has 1 amide bonds. The van der Waals surface area contributed by atoms with Gasteiger partial charge in [0.1, 0.15) is 0 Å². The lowest BCUT2D eigenvalue weighted by Crippen LogP contribution is -2.46. The van der Waals surface area contributed by atoms with E-state index in [4.69, 9.17) is 10.8 Å². The van der Waals surface area contributed by atoms with Crippen LogP contribution in [0.1, 0.15) is 0 Å². The van der Waals surface area contributed by atoms with Crippen LogP contribution in [0.25, 0.3) is 0 Å². The van der Waals surface area contributed by atoms with Crippen LogP contribution in [0.4, 0.5) is 5.69 Å². The van der Waals surface area contributed by atoms with Crippen molar-refractivity contribution in [3.63, 3.8) is 0 Å². The fourth-order valence-electron chi connectivity index (χ4n) is 1.25. The van der Waals surface area contributed by atoms with Crippen molar-refractivity contribution >= 4 is 29.3 Å². The normalized spacial score (nSPS) is 11.9. The molecule has 6 heteroatoms. The highest BCUT2D eigenvalue weighted by atomic mass is 32.2. The molecule has 0 aliphatic carbocycles. The number of rotatable bonds is 4. The summed E-state index contributed by atoms with van der Waals surface area (Å²) in [4.78, 5) is 24.6. The lowest BCUT2D eigenvalue weighted by molar-refractivity contribution is -0.142. The Bertz CT molecular complexity index is 419. The Morgan fingerprint density at radius 2 is 1.88 bits per heavy atom. The zero-order chi connectivity index (χ0) is 13.0. The predicted octanol–water partition coefficient (Wildman–Crippen LogP) is 0.783. The molecule has 0 radical (unpaired) electrons. The van der Waals surface area contributed by atoms with E-state index in [1.807, 2.05) is 18.4 Å². The third kappa shape index (κ3) is 3.21. The average Bonchev–Trinajstić information content (AvgIpc) is 2.36. The molecular formula is C11H14N2O3S. The Balaban J connectivity index is 2.84. The molecule has 0 heterocycles. The Morgan fingerprint density at radius 3 is 2.29 bits per heavy atom. The first-order valence-electron chi connectivity index (χ1n) is 4.87. The molecule has 17 heavy (non-hydrogen) atoms. The summed E-state index contributed by atoms with van der Waals surface area (Å²) < 4.78 is 0. The van der Waals surface area contributed by atoms with E-state index in [0.29, 0.717) is 5.69 Å². The number of anilines is 1. The Labute approximate surface area is 104 Å². The van der Waals surface area contributed by atoms with Crippen molar-refractivity contribution in [3.8, 4) is 0 Å². The Kier molecular flexibility index (Phi) is 4.53. The number of nitrogens with two attached hydrogens (primary N) is 1. The first-order chi connectivity index (χ1) is 7.97. The molecule has 5 nitrogen and oxygen atoms in total. The molecule has 0 spiro atoms. The minimum absolute atomic E-state index is 0.615. The summed E-state index contributed by atoms with van der Waals surface area (Å²) in [5.74, 6) is -1.98. The van der Waals surface area contributed by atoms with Gasteiger partial charge in [0.05, 0.1) is 0 Å². The average molecular weight is 254 g/mol. The van der Waals surface area contributed by atoms with Gasteiger partial charge in [-0.1, -0.05) is 0 Å². The largest absolute Gasteiger partial charge is 0.480 e. The molecule has 92 valence electrons. The van der Waals surface area contributed by atoms with Crippen LogP contribution in [0, 0.1) is 0 Å². The van der Waals surface area contributed by atoms with Gasteiger partial charge in [-0.3, -0.25) is 4.79 Å². The first-order valence-corrected chi connectivity index (χ1v) is 6.10. The number of carboxylic acids is 1. The van der Waals surface area contributed by atoms with Gasteiger partial charge >= 0.3 is 5.97 Å². The molecule has 1 aromatic rings. The second kappa shape index (κ2) is 5.70. The molecule has 0 bridgehead atoms. The molecule has 1 unspecified atom stereocenters. The maximum atomic E-state index is 11.7. The molecule has 0 aliphatic heterocycles. The third-order valence-electron chi connectivity index (χ3n) is 2.32. The van der Waals surface area contributed by atoms with E-state index in [1.165, 1.54) is 11.9 Å². The number of carbonyl (C=O) groups excluding carboxylic acids is 1. The summed E-state index contributed by atoms with van der Waals surface area (Å²) in [5, 5.41) is 8.65. The van der Waals surface area contributed by atoms with Crippen molar-refractivity contribution in [2.45, 2.75) is 10.9 Å². The number of amides is 1. The lowest BCUT2D eigenvalue weighted by atomic mass is 10.2. The minimum atomic E-state index is -1.53. The van der Waals surface area contributed by atoms with E-state index in [0.717, 1.165) is 4.90 Å². The molecule has 1 atom stereocenters. The number of carbonyl (C=O) groups is 2. The molecular weight excluding hydrogens is 240 g/mol. The maximum absolute atomic E-state index is 11.7. The number of hydrogen-bond donors (Lipinski definition) is 2. The lowest BCUT2D eigenvalue weighted by Gasteiger charge is -2.19.